The normalized spacial score (nSPS) is 20.6. The summed E-state index contributed by atoms with van der Waals surface area (Å²) < 4.78 is 5.22. The monoisotopic (exact) mass is 213 g/mol. The lowest BCUT2D eigenvalue weighted by Gasteiger charge is -2.11. The van der Waals surface area contributed by atoms with Gasteiger partial charge < -0.3 is 4.74 Å². The minimum Gasteiger partial charge on any atom is -0.426 e. The SMILES string of the molecule is CCN1C(=O)/C(=C/C(C)(C)C)OC1=S. The van der Waals surface area contributed by atoms with Gasteiger partial charge in [-0.25, -0.2) is 0 Å². The molecular formula is C10H15NO2S. The third-order valence-electron chi connectivity index (χ3n) is 1.75. The molecule has 1 aliphatic rings. The van der Waals surface area contributed by atoms with Gasteiger partial charge in [0.2, 0.25) is 0 Å². The topological polar surface area (TPSA) is 29.5 Å². The maximum Gasteiger partial charge on any atom is 0.296 e. The molecule has 1 heterocycles. The van der Waals surface area contributed by atoms with E-state index in [-0.39, 0.29) is 16.5 Å². The Balaban J connectivity index is 2.92. The zero-order chi connectivity index (χ0) is 10.9. The van der Waals surface area contributed by atoms with Crippen molar-refractivity contribution in [3.63, 3.8) is 0 Å². The van der Waals surface area contributed by atoms with Crippen LogP contribution in [-0.4, -0.2) is 22.5 Å². The second-order valence-corrected chi connectivity index (χ2v) is 4.64. The first-order chi connectivity index (χ1) is 6.35. The molecule has 0 aromatic heterocycles. The summed E-state index contributed by atoms with van der Waals surface area (Å²) >= 11 is 4.92. The molecule has 0 unspecified atom stereocenters. The molecule has 4 heteroatoms. The average Bonchev–Trinajstić information content (AvgIpc) is 2.24. The van der Waals surface area contributed by atoms with Crippen molar-refractivity contribution in [3.8, 4) is 0 Å². The highest BCUT2D eigenvalue weighted by molar-refractivity contribution is 7.80. The molecule has 0 N–H and O–H groups in total. The van der Waals surface area contributed by atoms with Crippen LogP contribution in [0.1, 0.15) is 27.7 Å². The minimum atomic E-state index is -0.132. The molecule has 1 aliphatic heterocycles. The highest BCUT2D eigenvalue weighted by Crippen LogP contribution is 2.23. The predicted octanol–water partition coefficient (Wildman–Crippen LogP) is 2.08. The van der Waals surface area contributed by atoms with Gasteiger partial charge in [-0.1, -0.05) is 20.8 Å². The molecule has 0 saturated carbocycles. The van der Waals surface area contributed by atoms with Crippen LogP contribution in [-0.2, 0) is 9.53 Å². The molecule has 1 saturated heterocycles. The molecule has 3 nitrogen and oxygen atoms in total. The number of allylic oxidation sites excluding steroid dienone is 1. The van der Waals surface area contributed by atoms with E-state index in [1.54, 1.807) is 6.08 Å². The summed E-state index contributed by atoms with van der Waals surface area (Å²) in [5.74, 6) is 0.219. The Morgan fingerprint density at radius 2 is 2.07 bits per heavy atom. The van der Waals surface area contributed by atoms with E-state index in [4.69, 9.17) is 17.0 Å². The van der Waals surface area contributed by atoms with Crippen molar-refractivity contribution >= 4 is 23.3 Å². The molecule has 0 aromatic carbocycles. The van der Waals surface area contributed by atoms with Gasteiger partial charge in [-0.2, -0.15) is 0 Å². The van der Waals surface area contributed by atoms with Crippen molar-refractivity contribution in [2.45, 2.75) is 27.7 Å². The largest absolute Gasteiger partial charge is 0.426 e. The van der Waals surface area contributed by atoms with E-state index in [0.717, 1.165) is 0 Å². The number of amides is 1. The first-order valence-electron chi connectivity index (χ1n) is 4.61. The van der Waals surface area contributed by atoms with E-state index < -0.39 is 0 Å². The summed E-state index contributed by atoms with van der Waals surface area (Å²) in [7, 11) is 0. The fourth-order valence-electron chi connectivity index (χ4n) is 1.17. The zero-order valence-corrected chi connectivity index (χ0v) is 9.77. The fourth-order valence-corrected chi connectivity index (χ4v) is 1.47. The van der Waals surface area contributed by atoms with Gasteiger partial charge in [0.15, 0.2) is 5.76 Å². The van der Waals surface area contributed by atoms with Gasteiger partial charge in [-0.15, -0.1) is 0 Å². The van der Waals surface area contributed by atoms with Gasteiger partial charge in [0.1, 0.15) is 0 Å². The molecular weight excluding hydrogens is 198 g/mol. The Bertz CT molecular complexity index is 302. The summed E-state index contributed by atoms with van der Waals surface area (Å²) in [6, 6.07) is 0. The Morgan fingerprint density at radius 3 is 2.43 bits per heavy atom. The van der Waals surface area contributed by atoms with Crippen LogP contribution in [0, 0.1) is 5.41 Å². The van der Waals surface area contributed by atoms with Crippen LogP contribution in [0.15, 0.2) is 11.8 Å². The molecule has 0 bridgehead atoms. The van der Waals surface area contributed by atoms with Crippen molar-refractivity contribution in [1.82, 2.24) is 4.90 Å². The van der Waals surface area contributed by atoms with E-state index >= 15 is 0 Å². The average molecular weight is 213 g/mol. The molecule has 1 fully saturated rings. The number of rotatable bonds is 1. The number of hydrogen-bond donors (Lipinski definition) is 0. The third kappa shape index (κ3) is 2.32. The van der Waals surface area contributed by atoms with E-state index in [2.05, 4.69) is 0 Å². The second-order valence-electron chi connectivity index (χ2n) is 4.29. The van der Waals surface area contributed by atoms with Crippen LogP contribution < -0.4 is 0 Å². The molecule has 78 valence electrons. The molecule has 14 heavy (non-hydrogen) atoms. The standard InChI is InChI=1S/C10H15NO2S/c1-5-11-8(12)7(13-9(11)14)6-10(2,3)4/h6H,5H2,1-4H3/b7-6-. The van der Waals surface area contributed by atoms with Gasteiger partial charge >= 0.3 is 0 Å². The van der Waals surface area contributed by atoms with Crippen molar-refractivity contribution in [1.29, 1.82) is 0 Å². The van der Waals surface area contributed by atoms with E-state index in [9.17, 15) is 4.79 Å². The van der Waals surface area contributed by atoms with Crippen LogP contribution in [0.2, 0.25) is 0 Å². The number of carbonyl (C=O) groups excluding carboxylic acids is 1. The molecule has 0 spiro atoms. The number of likely N-dealkylation sites (N-methyl/N-ethyl adjacent to an activating group) is 1. The highest BCUT2D eigenvalue weighted by Gasteiger charge is 2.32. The summed E-state index contributed by atoms with van der Waals surface area (Å²) in [5.41, 5.74) is -0.0790. The van der Waals surface area contributed by atoms with Crippen molar-refractivity contribution in [2.24, 2.45) is 5.41 Å². The maximum atomic E-state index is 11.7. The minimum absolute atomic E-state index is 0.0790. The van der Waals surface area contributed by atoms with Crippen LogP contribution in [0.25, 0.3) is 0 Å². The number of ether oxygens (including phenoxy) is 1. The van der Waals surface area contributed by atoms with E-state index in [0.29, 0.717) is 12.3 Å². The van der Waals surface area contributed by atoms with E-state index in [1.165, 1.54) is 4.90 Å². The lowest BCUT2D eigenvalue weighted by Crippen LogP contribution is -2.28. The lowest BCUT2D eigenvalue weighted by molar-refractivity contribution is -0.122. The second kappa shape index (κ2) is 3.69. The summed E-state index contributed by atoms with van der Waals surface area (Å²) in [6.07, 6.45) is 1.80. The van der Waals surface area contributed by atoms with Gasteiger partial charge in [0, 0.05) is 6.54 Å². The molecule has 1 rings (SSSR count). The quantitative estimate of drug-likeness (QED) is 0.493. The van der Waals surface area contributed by atoms with Crippen LogP contribution in [0.5, 0.6) is 0 Å². The first kappa shape index (κ1) is 11.2. The van der Waals surface area contributed by atoms with Crippen molar-refractivity contribution in [3.05, 3.63) is 11.8 Å². The zero-order valence-electron chi connectivity index (χ0n) is 8.96. The van der Waals surface area contributed by atoms with Crippen LogP contribution in [0.4, 0.5) is 0 Å². The van der Waals surface area contributed by atoms with Crippen LogP contribution >= 0.6 is 12.2 Å². The Hall–Kier alpha value is -0.900. The summed E-state index contributed by atoms with van der Waals surface area (Å²) in [4.78, 5) is 13.1. The highest BCUT2D eigenvalue weighted by atomic mass is 32.1. The predicted molar refractivity (Wildman–Crippen MR) is 58.6 cm³/mol. The number of thiocarbonyl (C=S) groups is 1. The summed E-state index contributed by atoms with van der Waals surface area (Å²) in [5, 5.41) is 0.257. The van der Waals surface area contributed by atoms with Crippen molar-refractivity contribution < 1.29 is 9.53 Å². The third-order valence-corrected chi connectivity index (χ3v) is 2.06. The number of nitrogens with zero attached hydrogens (tertiary/aromatic N) is 1. The summed E-state index contributed by atoms with van der Waals surface area (Å²) in [6.45, 7) is 8.45. The van der Waals surface area contributed by atoms with Gasteiger partial charge in [-0.05, 0) is 30.6 Å². The van der Waals surface area contributed by atoms with Gasteiger partial charge in [0.25, 0.3) is 11.1 Å². The fraction of sp³-hybridized carbons (Fsp3) is 0.600. The first-order valence-corrected chi connectivity index (χ1v) is 5.02. The van der Waals surface area contributed by atoms with Gasteiger partial charge in [-0.3, -0.25) is 9.69 Å². The molecule has 1 amide bonds. The Labute approximate surface area is 89.7 Å². The van der Waals surface area contributed by atoms with Gasteiger partial charge in [0.05, 0.1) is 0 Å². The van der Waals surface area contributed by atoms with E-state index in [1.807, 2.05) is 27.7 Å². The number of hydrogen-bond acceptors (Lipinski definition) is 3. The molecule has 0 atom stereocenters. The maximum absolute atomic E-state index is 11.7. The number of carbonyl (C=O) groups is 1. The Morgan fingerprint density at radius 1 is 1.50 bits per heavy atom. The molecule has 0 aromatic rings. The smallest absolute Gasteiger partial charge is 0.296 e. The molecule has 0 aliphatic carbocycles. The Kier molecular flexibility index (Phi) is 2.95. The molecule has 0 radical (unpaired) electrons. The van der Waals surface area contributed by atoms with Crippen LogP contribution in [0.3, 0.4) is 0 Å². The van der Waals surface area contributed by atoms with Crippen molar-refractivity contribution in [2.75, 3.05) is 6.54 Å². The lowest BCUT2D eigenvalue weighted by atomic mass is 9.96.